The SMILES string of the molecule is CC(C)C(=O)Nc1nc2c(ncn2[C@@H]2O[C@H](CO)[C@@H](F)[C@H]2OP(O)(=S)OC[C@H]2O[C@@H](n3cnc4c(NC(=O)c5ccccc5)ncnc43)C[C@@H]2O)c(=O)[nH]1. The fourth-order valence-corrected chi connectivity index (χ4v) is 7.33. The molecule has 20 nitrogen and oxygen atoms in total. The summed E-state index contributed by atoms with van der Waals surface area (Å²) >= 11 is 5.22. The highest BCUT2D eigenvalue weighted by molar-refractivity contribution is 8.07. The molecule has 1 aromatic carbocycles. The lowest BCUT2D eigenvalue weighted by molar-refractivity contribution is -0.118. The van der Waals surface area contributed by atoms with Gasteiger partial charge in [-0.3, -0.25) is 38.3 Å². The summed E-state index contributed by atoms with van der Waals surface area (Å²) in [5.74, 6) is -1.30. The van der Waals surface area contributed by atoms with Crippen LogP contribution in [-0.2, 0) is 35.1 Å². The van der Waals surface area contributed by atoms with Gasteiger partial charge < -0.3 is 34.4 Å². The lowest BCUT2D eigenvalue weighted by Crippen LogP contribution is -2.32. The van der Waals surface area contributed by atoms with Gasteiger partial charge in [0, 0.05) is 17.9 Å². The molecule has 8 atom stereocenters. The molecule has 6 N–H and O–H groups in total. The number of anilines is 2. The predicted octanol–water partition coefficient (Wildman–Crippen LogP) is 1.30. The van der Waals surface area contributed by atoms with Crippen LogP contribution in [0.25, 0.3) is 22.3 Å². The van der Waals surface area contributed by atoms with Crippen LogP contribution in [0.15, 0.2) is 54.1 Å². The summed E-state index contributed by atoms with van der Waals surface area (Å²) in [6, 6.07) is 8.54. The van der Waals surface area contributed by atoms with Crippen molar-refractivity contribution < 1.29 is 47.6 Å². The van der Waals surface area contributed by atoms with Gasteiger partial charge >= 0.3 is 6.72 Å². The molecular formula is C31H34FN10O10PS. The number of aromatic amines is 1. The smallest absolute Gasteiger partial charge is 0.325 e. The minimum atomic E-state index is -4.33. The van der Waals surface area contributed by atoms with Crippen LogP contribution in [0.3, 0.4) is 0 Å². The summed E-state index contributed by atoms with van der Waals surface area (Å²) in [7, 11) is 0. The number of aliphatic hydroxyl groups is 2. The van der Waals surface area contributed by atoms with Crippen LogP contribution in [0.2, 0.25) is 0 Å². The first-order valence-corrected chi connectivity index (χ1v) is 19.1. The fourth-order valence-electron chi connectivity index (χ4n) is 5.92. The van der Waals surface area contributed by atoms with Gasteiger partial charge in [0.2, 0.25) is 11.9 Å². The Balaban J connectivity index is 1.04. The van der Waals surface area contributed by atoms with E-state index in [1.165, 1.54) is 12.7 Å². The number of carbonyl (C=O) groups is 2. The van der Waals surface area contributed by atoms with Crippen molar-refractivity contribution in [1.82, 2.24) is 39.0 Å². The third-order valence-electron chi connectivity index (χ3n) is 8.71. The molecule has 5 aromatic rings. The van der Waals surface area contributed by atoms with Crippen LogP contribution in [0, 0.1) is 5.92 Å². The number of nitrogens with one attached hydrogen (secondary N) is 3. The molecule has 286 valence electrons. The van der Waals surface area contributed by atoms with E-state index >= 15 is 4.39 Å². The minimum Gasteiger partial charge on any atom is -0.394 e. The molecule has 0 aliphatic carbocycles. The molecule has 0 bridgehead atoms. The Labute approximate surface area is 308 Å². The highest BCUT2D eigenvalue weighted by atomic mass is 32.5. The van der Waals surface area contributed by atoms with Crippen molar-refractivity contribution in [3.8, 4) is 0 Å². The number of nitrogens with zero attached hydrogens (tertiary/aromatic N) is 7. The Morgan fingerprint density at radius 2 is 1.81 bits per heavy atom. The molecule has 1 unspecified atom stereocenters. The second kappa shape index (κ2) is 15.2. The zero-order valence-corrected chi connectivity index (χ0v) is 30.1. The molecule has 2 saturated heterocycles. The van der Waals surface area contributed by atoms with Crippen LogP contribution in [0.4, 0.5) is 16.2 Å². The van der Waals surface area contributed by atoms with Gasteiger partial charge in [-0.1, -0.05) is 32.0 Å². The summed E-state index contributed by atoms with van der Waals surface area (Å²) in [6.07, 6.45) is -5.76. The second-order valence-corrected chi connectivity index (χ2v) is 15.5. The summed E-state index contributed by atoms with van der Waals surface area (Å²) in [5, 5.41) is 25.9. The number of ether oxygens (including phenoxy) is 2. The van der Waals surface area contributed by atoms with E-state index in [9.17, 15) is 29.5 Å². The number of alkyl halides is 1. The summed E-state index contributed by atoms with van der Waals surface area (Å²) < 4.78 is 41.3. The molecule has 54 heavy (non-hydrogen) atoms. The van der Waals surface area contributed by atoms with E-state index in [0.717, 1.165) is 10.9 Å². The number of hydrogen-bond donors (Lipinski definition) is 6. The molecular weight excluding hydrogens is 754 g/mol. The van der Waals surface area contributed by atoms with Crippen LogP contribution in [0.1, 0.15) is 43.1 Å². The van der Waals surface area contributed by atoms with E-state index in [-0.39, 0.29) is 34.9 Å². The molecule has 4 aromatic heterocycles. The van der Waals surface area contributed by atoms with E-state index in [1.807, 2.05) is 0 Å². The average Bonchev–Trinajstić information content (AvgIpc) is 3.93. The van der Waals surface area contributed by atoms with Crippen molar-refractivity contribution >= 4 is 64.4 Å². The van der Waals surface area contributed by atoms with Gasteiger partial charge in [-0.15, -0.1) is 0 Å². The number of imidazole rings is 2. The van der Waals surface area contributed by atoms with Gasteiger partial charge in [0.1, 0.15) is 30.9 Å². The Morgan fingerprint density at radius 1 is 1.07 bits per heavy atom. The van der Waals surface area contributed by atoms with E-state index in [1.54, 1.807) is 48.7 Å². The molecule has 2 aliphatic rings. The maximum atomic E-state index is 15.7. The zero-order valence-electron chi connectivity index (χ0n) is 28.4. The number of aliphatic hydroxyl groups excluding tert-OH is 2. The van der Waals surface area contributed by atoms with Crippen molar-refractivity contribution in [3.63, 3.8) is 0 Å². The number of aromatic nitrogens is 8. The molecule has 0 saturated carbocycles. The van der Waals surface area contributed by atoms with Gasteiger partial charge in [0.25, 0.3) is 11.5 Å². The second-order valence-electron chi connectivity index (χ2n) is 12.7. The van der Waals surface area contributed by atoms with Crippen molar-refractivity contribution in [2.75, 3.05) is 23.8 Å². The maximum absolute atomic E-state index is 15.7. The highest BCUT2D eigenvalue weighted by Gasteiger charge is 2.50. The maximum Gasteiger partial charge on any atom is 0.325 e. The number of H-pyrrole nitrogens is 1. The first kappa shape index (κ1) is 37.7. The molecule has 2 amide bonds. The zero-order chi connectivity index (χ0) is 38.3. The topological polar surface area (TPSA) is 263 Å². The van der Waals surface area contributed by atoms with E-state index in [4.69, 9.17) is 30.3 Å². The first-order valence-electron chi connectivity index (χ1n) is 16.5. The van der Waals surface area contributed by atoms with Crippen molar-refractivity contribution in [2.24, 2.45) is 5.92 Å². The van der Waals surface area contributed by atoms with Crippen LogP contribution >= 0.6 is 6.72 Å². The van der Waals surface area contributed by atoms with Gasteiger partial charge in [-0.25, -0.2) is 24.3 Å². The van der Waals surface area contributed by atoms with Crippen LogP contribution in [-0.4, -0.2) is 110 Å². The summed E-state index contributed by atoms with van der Waals surface area (Å²) in [5.41, 5.74) is -0.00368. The Bertz CT molecular complexity index is 2290. The number of carbonyl (C=O) groups excluding carboxylic acids is 2. The third-order valence-corrected chi connectivity index (χ3v) is 10.3. The number of halogens is 1. The Kier molecular flexibility index (Phi) is 10.6. The Morgan fingerprint density at radius 3 is 2.56 bits per heavy atom. The molecule has 7 rings (SSSR count). The van der Waals surface area contributed by atoms with Crippen molar-refractivity contribution in [2.45, 2.75) is 63.3 Å². The monoisotopic (exact) mass is 788 g/mol. The van der Waals surface area contributed by atoms with Crippen LogP contribution in [0.5, 0.6) is 0 Å². The highest BCUT2D eigenvalue weighted by Crippen LogP contribution is 2.51. The number of rotatable bonds is 12. The molecule has 2 fully saturated rings. The van der Waals surface area contributed by atoms with E-state index in [2.05, 4.69) is 40.5 Å². The van der Waals surface area contributed by atoms with E-state index in [0.29, 0.717) is 11.2 Å². The first-order chi connectivity index (χ1) is 25.8. The number of amides is 2. The summed E-state index contributed by atoms with van der Waals surface area (Å²) in [4.78, 5) is 72.3. The predicted molar refractivity (Wildman–Crippen MR) is 189 cm³/mol. The van der Waals surface area contributed by atoms with Gasteiger partial charge in [0.15, 0.2) is 40.5 Å². The summed E-state index contributed by atoms with van der Waals surface area (Å²) in [6.45, 7) is -2.30. The largest absolute Gasteiger partial charge is 0.394 e. The molecule has 0 spiro atoms. The normalized spacial score (nSPS) is 25.4. The Hall–Kier alpha value is -4.64. The lowest BCUT2D eigenvalue weighted by Gasteiger charge is -2.26. The van der Waals surface area contributed by atoms with Crippen molar-refractivity contribution in [1.29, 1.82) is 0 Å². The average molecular weight is 789 g/mol. The lowest BCUT2D eigenvalue weighted by atomic mass is 10.1. The quantitative estimate of drug-likeness (QED) is 0.0974. The molecule has 2 aliphatic heterocycles. The van der Waals surface area contributed by atoms with Gasteiger partial charge in [0.05, 0.1) is 32.0 Å². The number of hydrogen-bond acceptors (Lipinski definition) is 15. The van der Waals surface area contributed by atoms with Gasteiger partial charge in [-0.2, -0.15) is 4.98 Å². The van der Waals surface area contributed by atoms with Gasteiger partial charge in [-0.05, 0) is 23.9 Å². The minimum absolute atomic E-state index is 0.0487. The number of fused-ring (bicyclic) bond motifs is 2. The molecule has 0 radical (unpaired) electrons. The fraction of sp³-hybridized carbons (Fsp3) is 0.419. The third kappa shape index (κ3) is 7.52. The van der Waals surface area contributed by atoms with Crippen LogP contribution < -0.4 is 16.2 Å². The molecule has 6 heterocycles. The molecule has 23 heteroatoms. The van der Waals surface area contributed by atoms with E-state index < -0.39 is 86.3 Å². The van der Waals surface area contributed by atoms with Crippen molar-refractivity contribution in [3.05, 3.63) is 65.2 Å². The number of benzene rings is 1. The standard InChI is InChI=1S/C31H34FN10O10PS/c1-14(2)27(45)39-31-38-26-22(29(47)40-31)36-13-42(26)30-23(20(32)17(9-43)51-30)52-53(48,54)49-10-18-16(44)8-19(50-18)41-12-35-21-24(33-11-34-25(21)41)37-28(46)15-6-4-3-5-7-15/h3-7,11-14,16-20,23,30,43-44H,8-10H2,1-2H3,(H,48,54)(H,33,34,37,46)(H2,38,39,40,45,47)/t16-,17+,18+,19+,20+,23+,30+,53?/m0/s1.